The van der Waals surface area contributed by atoms with Crippen molar-refractivity contribution in [1.29, 1.82) is 0 Å². The average molecular weight is 820 g/mol. The quantitative estimate of drug-likeness (QED) is 0.132. The molecule has 0 bridgehead atoms. The number of nitrogens with zero attached hydrogens (tertiary/aromatic N) is 3. The Labute approximate surface area is 331 Å². The summed E-state index contributed by atoms with van der Waals surface area (Å²) < 4.78 is 74.1. The number of ether oxygens (including phenoxy) is 1. The predicted octanol–water partition coefficient (Wildman–Crippen LogP) is 7.99. The molecule has 298 valence electrons. The predicted molar refractivity (Wildman–Crippen MR) is 214 cm³/mol. The number of nitrogens with one attached hydrogen (secondary N) is 2. The number of carbonyl (C=O) groups is 1. The van der Waals surface area contributed by atoms with Gasteiger partial charge in [-0.3, -0.25) is 19.3 Å². The van der Waals surface area contributed by atoms with Gasteiger partial charge in [-0.15, -0.1) is 0 Å². The van der Waals surface area contributed by atoms with Gasteiger partial charge in [0.15, 0.2) is 0 Å². The van der Waals surface area contributed by atoms with E-state index in [2.05, 4.69) is 50.7 Å². The topological polar surface area (TPSA) is 94.2 Å². The molecule has 0 unspecified atom stereocenters. The maximum Gasteiger partial charge on any atom is 0.501 e. The van der Waals surface area contributed by atoms with Gasteiger partial charge >= 0.3 is 5.51 Å². The minimum absolute atomic E-state index is 0.135. The number of morpholine rings is 1. The molecule has 6 rings (SSSR count). The van der Waals surface area contributed by atoms with Crippen molar-refractivity contribution < 1.29 is 31.1 Å². The zero-order valence-electron chi connectivity index (χ0n) is 31.3. The van der Waals surface area contributed by atoms with Crippen LogP contribution in [0.2, 0.25) is 5.02 Å². The highest BCUT2D eigenvalue weighted by Gasteiger charge is 2.48. The molecule has 2 heterocycles. The fourth-order valence-electron chi connectivity index (χ4n) is 7.40. The summed E-state index contributed by atoms with van der Waals surface area (Å²) in [5.41, 5.74) is 0.219. The first kappa shape index (κ1) is 41.4. The molecule has 1 aliphatic carbocycles. The number of hydrogen-bond acceptors (Lipinski definition) is 9. The van der Waals surface area contributed by atoms with Crippen molar-refractivity contribution in [3.05, 3.63) is 88.5 Å². The van der Waals surface area contributed by atoms with E-state index >= 15 is 0 Å². The molecule has 2 saturated heterocycles. The maximum atomic E-state index is 13.7. The SMILES string of the molecule is CC1(C)CCC(c2ccc(Cl)cc2)=C(CN2CCN(c3ccc(C(=O)NSc4ccc(NCCCN5CCOCC5)c(S(=O)(=O)C(F)(F)F)c4)cc3)CC2)C1. The van der Waals surface area contributed by atoms with Crippen LogP contribution >= 0.6 is 23.5 Å². The standard InChI is InChI=1S/C40H49ClF3N5O4S2/c1-39(2)15-14-35(29-4-8-32(41)9-5-29)31(27-39)28-48-18-20-49(21-19-48)33-10-6-30(7-11-33)38(50)46-54-34-12-13-36(37(26-34)55(51,52)40(42,43)44)45-16-3-17-47-22-24-53-25-23-47/h4-13,26,45H,3,14-25,27-28H2,1-2H3,(H,46,50). The van der Waals surface area contributed by atoms with Crippen LogP contribution in [0.3, 0.4) is 0 Å². The number of allylic oxidation sites excluding steroid dienone is 1. The van der Waals surface area contributed by atoms with Gasteiger partial charge in [0, 0.05) is 73.5 Å². The molecule has 55 heavy (non-hydrogen) atoms. The van der Waals surface area contributed by atoms with Crippen molar-refractivity contribution >= 4 is 56.2 Å². The van der Waals surface area contributed by atoms with E-state index in [1.54, 1.807) is 12.1 Å². The molecule has 0 atom stereocenters. The molecule has 0 aromatic heterocycles. The molecule has 3 aromatic rings. The summed E-state index contributed by atoms with van der Waals surface area (Å²) in [5.74, 6) is -0.452. The number of amides is 1. The van der Waals surface area contributed by atoms with Crippen LogP contribution in [0.15, 0.2) is 82.1 Å². The van der Waals surface area contributed by atoms with Crippen LogP contribution in [0.5, 0.6) is 0 Å². The molecule has 9 nitrogen and oxygen atoms in total. The van der Waals surface area contributed by atoms with Gasteiger partial charge in [0.25, 0.3) is 15.7 Å². The Kier molecular flexibility index (Phi) is 13.5. The van der Waals surface area contributed by atoms with E-state index < -0.39 is 26.1 Å². The molecular formula is C40H49ClF3N5O4S2. The zero-order chi connectivity index (χ0) is 39.2. The molecule has 3 aliphatic rings. The monoisotopic (exact) mass is 819 g/mol. The third kappa shape index (κ3) is 10.8. The Hall–Kier alpha value is -3.27. The number of anilines is 2. The zero-order valence-corrected chi connectivity index (χ0v) is 33.6. The van der Waals surface area contributed by atoms with E-state index in [4.69, 9.17) is 16.3 Å². The van der Waals surface area contributed by atoms with Gasteiger partial charge < -0.3 is 15.0 Å². The maximum absolute atomic E-state index is 13.7. The Morgan fingerprint density at radius 3 is 2.29 bits per heavy atom. The average Bonchev–Trinajstić information content (AvgIpc) is 3.16. The molecule has 2 aliphatic heterocycles. The summed E-state index contributed by atoms with van der Waals surface area (Å²) in [7, 11) is -5.65. The van der Waals surface area contributed by atoms with E-state index in [0.717, 1.165) is 93.8 Å². The lowest BCUT2D eigenvalue weighted by Crippen LogP contribution is -2.47. The number of carbonyl (C=O) groups excluding carboxylic acids is 1. The van der Waals surface area contributed by atoms with Gasteiger partial charge in [-0.2, -0.15) is 13.2 Å². The van der Waals surface area contributed by atoms with E-state index in [0.29, 0.717) is 31.7 Å². The van der Waals surface area contributed by atoms with Crippen molar-refractivity contribution in [2.75, 3.05) is 82.3 Å². The molecule has 0 saturated carbocycles. The Balaban J connectivity index is 1.03. The minimum atomic E-state index is -5.65. The molecule has 0 spiro atoms. The van der Waals surface area contributed by atoms with Gasteiger partial charge in [-0.25, -0.2) is 8.42 Å². The van der Waals surface area contributed by atoms with Crippen LogP contribution in [0.4, 0.5) is 24.5 Å². The highest BCUT2D eigenvalue weighted by atomic mass is 35.5. The van der Waals surface area contributed by atoms with Crippen LogP contribution in [0.25, 0.3) is 5.57 Å². The highest BCUT2D eigenvalue weighted by molar-refractivity contribution is 7.98. The molecular weight excluding hydrogens is 771 g/mol. The Morgan fingerprint density at radius 1 is 0.927 bits per heavy atom. The van der Waals surface area contributed by atoms with Crippen LogP contribution in [0, 0.1) is 5.41 Å². The van der Waals surface area contributed by atoms with Crippen molar-refractivity contribution in [3.8, 4) is 0 Å². The highest BCUT2D eigenvalue weighted by Crippen LogP contribution is 2.43. The van der Waals surface area contributed by atoms with E-state index in [9.17, 15) is 26.4 Å². The molecule has 2 fully saturated rings. The van der Waals surface area contributed by atoms with E-state index in [1.165, 1.54) is 28.8 Å². The minimum Gasteiger partial charge on any atom is -0.384 e. The summed E-state index contributed by atoms with van der Waals surface area (Å²) in [4.78, 5) is 19.3. The third-order valence-electron chi connectivity index (χ3n) is 10.5. The van der Waals surface area contributed by atoms with Crippen molar-refractivity contribution in [1.82, 2.24) is 14.5 Å². The third-order valence-corrected chi connectivity index (χ3v) is 13.1. The van der Waals surface area contributed by atoms with Gasteiger partial charge in [-0.05, 0) is 115 Å². The Bertz CT molecular complexity index is 1930. The number of benzene rings is 3. The lowest BCUT2D eigenvalue weighted by molar-refractivity contribution is -0.0435. The van der Waals surface area contributed by atoms with Crippen molar-refractivity contribution in [3.63, 3.8) is 0 Å². The summed E-state index contributed by atoms with van der Waals surface area (Å²) in [6.45, 7) is 12.9. The first-order valence-corrected chi connectivity index (χ1v) is 21.4. The number of sulfone groups is 1. The molecule has 2 N–H and O–H groups in total. The fourth-order valence-corrected chi connectivity index (χ4v) is 9.20. The molecule has 1 amide bonds. The smallest absolute Gasteiger partial charge is 0.384 e. The number of hydrogen-bond donors (Lipinski definition) is 2. The van der Waals surface area contributed by atoms with Crippen molar-refractivity contribution in [2.24, 2.45) is 5.41 Å². The summed E-state index contributed by atoms with van der Waals surface area (Å²) in [6, 6.07) is 19.2. The molecule has 15 heteroatoms. The van der Waals surface area contributed by atoms with Crippen molar-refractivity contribution in [2.45, 2.75) is 54.8 Å². The second kappa shape index (κ2) is 17.9. The lowest BCUT2D eigenvalue weighted by Gasteiger charge is -2.39. The van der Waals surface area contributed by atoms with Gasteiger partial charge in [-0.1, -0.05) is 43.2 Å². The first-order valence-electron chi connectivity index (χ1n) is 18.7. The lowest BCUT2D eigenvalue weighted by atomic mass is 9.73. The normalized spacial score (nSPS) is 18.7. The fraction of sp³-hybridized carbons (Fsp3) is 0.475. The summed E-state index contributed by atoms with van der Waals surface area (Å²) in [5, 5.41) is 3.61. The van der Waals surface area contributed by atoms with Gasteiger partial charge in [0.2, 0.25) is 0 Å². The molecule has 3 aromatic carbocycles. The second-order valence-corrected chi connectivity index (χ2v) is 18.3. The van der Waals surface area contributed by atoms with E-state index in [-0.39, 0.29) is 22.5 Å². The van der Waals surface area contributed by atoms with Gasteiger partial charge in [0.05, 0.1) is 18.9 Å². The summed E-state index contributed by atoms with van der Waals surface area (Å²) >= 11 is 6.94. The number of rotatable bonds is 13. The van der Waals surface area contributed by atoms with Gasteiger partial charge in [0.1, 0.15) is 4.90 Å². The second-order valence-electron chi connectivity index (χ2n) is 15.1. The first-order chi connectivity index (χ1) is 26.2. The number of alkyl halides is 3. The number of piperazine rings is 1. The van der Waals surface area contributed by atoms with E-state index in [1.807, 2.05) is 24.3 Å². The van der Waals surface area contributed by atoms with Crippen LogP contribution in [-0.4, -0.2) is 102 Å². The van der Waals surface area contributed by atoms with Crippen LogP contribution in [-0.2, 0) is 14.6 Å². The Morgan fingerprint density at radius 2 is 1.62 bits per heavy atom. The van der Waals surface area contributed by atoms with Crippen LogP contribution in [0.1, 0.15) is 55.5 Å². The number of halogens is 4. The largest absolute Gasteiger partial charge is 0.501 e. The molecule has 0 radical (unpaired) electrons. The van der Waals surface area contributed by atoms with Crippen LogP contribution < -0.4 is 14.9 Å². The summed E-state index contributed by atoms with van der Waals surface area (Å²) in [6.07, 6.45) is 3.89.